The Kier molecular flexibility index (Phi) is 2.59. The van der Waals surface area contributed by atoms with Crippen molar-refractivity contribution in [1.82, 2.24) is 0 Å². The second-order valence-electron chi connectivity index (χ2n) is 3.23. The van der Waals surface area contributed by atoms with E-state index in [0.29, 0.717) is 0 Å². The van der Waals surface area contributed by atoms with E-state index in [1.807, 2.05) is 0 Å². The number of hydrogen-bond donors (Lipinski definition) is 1. The normalized spacial score (nSPS) is 14.3. The van der Waals surface area contributed by atoms with Crippen molar-refractivity contribution in [2.45, 2.75) is 12.3 Å². The standard InChI is InChI=1S/C10H6ClF3O2/c11-9-7(8(15)10(12,13)14)5-3-1-2-4-6(5)16-9/h1-4,8,15H. The maximum atomic E-state index is 12.4. The number of alkyl halides is 3. The van der Waals surface area contributed by atoms with Gasteiger partial charge in [-0.1, -0.05) is 18.2 Å². The molecule has 0 radical (unpaired) electrons. The smallest absolute Gasteiger partial charge is 0.418 e. The van der Waals surface area contributed by atoms with Crippen LogP contribution < -0.4 is 0 Å². The molecule has 1 aromatic carbocycles. The summed E-state index contributed by atoms with van der Waals surface area (Å²) in [6.07, 6.45) is -7.40. The zero-order valence-electron chi connectivity index (χ0n) is 7.75. The Bertz CT molecular complexity index is 518. The van der Waals surface area contributed by atoms with Gasteiger partial charge in [0.1, 0.15) is 5.58 Å². The highest BCUT2D eigenvalue weighted by atomic mass is 35.5. The highest BCUT2D eigenvalue weighted by molar-refractivity contribution is 6.30. The summed E-state index contributed by atoms with van der Waals surface area (Å²) < 4.78 is 42.0. The number of benzene rings is 1. The fraction of sp³-hybridized carbons (Fsp3) is 0.200. The fourth-order valence-electron chi connectivity index (χ4n) is 1.45. The van der Waals surface area contributed by atoms with Crippen LogP contribution in [0.1, 0.15) is 11.7 Å². The molecule has 2 nitrogen and oxygen atoms in total. The van der Waals surface area contributed by atoms with E-state index in [4.69, 9.17) is 21.1 Å². The molecule has 0 spiro atoms. The molecule has 2 rings (SSSR count). The van der Waals surface area contributed by atoms with Crippen LogP contribution in [0.3, 0.4) is 0 Å². The number of aliphatic hydroxyl groups excluding tert-OH is 1. The molecule has 0 amide bonds. The lowest BCUT2D eigenvalue weighted by Crippen LogP contribution is -2.20. The first kappa shape index (κ1) is 11.3. The molecule has 6 heteroatoms. The molecular formula is C10H6ClF3O2. The van der Waals surface area contributed by atoms with E-state index < -0.39 is 23.1 Å². The minimum Gasteiger partial charge on any atom is -0.444 e. The van der Waals surface area contributed by atoms with E-state index in [1.54, 1.807) is 12.1 Å². The molecule has 0 aliphatic heterocycles. The largest absolute Gasteiger partial charge is 0.444 e. The first-order valence-corrected chi connectivity index (χ1v) is 4.71. The molecule has 86 valence electrons. The quantitative estimate of drug-likeness (QED) is 0.837. The van der Waals surface area contributed by atoms with E-state index in [1.165, 1.54) is 12.1 Å². The van der Waals surface area contributed by atoms with Gasteiger partial charge < -0.3 is 9.52 Å². The molecule has 1 aromatic heterocycles. The number of fused-ring (bicyclic) bond motifs is 1. The van der Waals surface area contributed by atoms with Crippen LogP contribution in [0.4, 0.5) is 13.2 Å². The van der Waals surface area contributed by atoms with Crippen LogP contribution >= 0.6 is 11.6 Å². The van der Waals surface area contributed by atoms with Gasteiger partial charge in [0.05, 0.1) is 5.56 Å². The van der Waals surface area contributed by atoms with E-state index in [9.17, 15) is 13.2 Å². The Labute approximate surface area is 93.2 Å². The zero-order chi connectivity index (χ0) is 11.9. The Hall–Kier alpha value is -1.20. The third-order valence-corrected chi connectivity index (χ3v) is 2.45. The highest BCUT2D eigenvalue weighted by Crippen LogP contribution is 2.41. The zero-order valence-corrected chi connectivity index (χ0v) is 8.51. The van der Waals surface area contributed by atoms with Gasteiger partial charge >= 0.3 is 6.18 Å². The lowest BCUT2D eigenvalue weighted by molar-refractivity contribution is -0.206. The molecule has 0 aliphatic carbocycles. The molecule has 1 atom stereocenters. The van der Waals surface area contributed by atoms with Crippen LogP contribution in [0, 0.1) is 0 Å². The highest BCUT2D eigenvalue weighted by Gasteiger charge is 2.42. The average Bonchev–Trinajstić information content (AvgIpc) is 2.51. The Morgan fingerprint density at radius 1 is 1.25 bits per heavy atom. The van der Waals surface area contributed by atoms with Gasteiger partial charge in [0.15, 0.2) is 6.10 Å². The van der Waals surface area contributed by atoms with Gasteiger partial charge in [-0.2, -0.15) is 13.2 Å². The molecule has 0 fully saturated rings. The van der Waals surface area contributed by atoms with Gasteiger partial charge in [-0.15, -0.1) is 0 Å². The van der Waals surface area contributed by atoms with Gasteiger partial charge in [-0.3, -0.25) is 0 Å². The van der Waals surface area contributed by atoms with E-state index >= 15 is 0 Å². The summed E-state index contributed by atoms with van der Waals surface area (Å²) >= 11 is 5.54. The summed E-state index contributed by atoms with van der Waals surface area (Å²) in [6.45, 7) is 0. The number of rotatable bonds is 1. The molecule has 0 saturated heterocycles. The van der Waals surface area contributed by atoms with Crippen molar-refractivity contribution in [3.63, 3.8) is 0 Å². The summed E-state index contributed by atoms with van der Waals surface area (Å²) in [7, 11) is 0. The molecule has 0 saturated carbocycles. The molecule has 0 aliphatic rings. The third kappa shape index (κ3) is 1.76. The fourth-order valence-corrected chi connectivity index (χ4v) is 1.74. The monoisotopic (exact) mass is 250 g/mol. The predicted molar refractivity (Wildman–Crippen MR) is 52.2 cm³/mol. The minimum absolute atomic E-state index is 0.164. The first-order chi connectivity index (χ1) is 7.41. The summed E-state index contributed by atoms with van der Waals surface area (Å²) in [4.78, 5) is 0. The van der Waals surface area contributed by atoms with Crippen molar-refractivity contribution in [3.8, 4) is 0 Å². The summed E-state index contributed by atoms with van der Waals surface area (Å²) in [6, 6.07) is 6.04. The summed E-state index contributed by atoms with van der Waals surface area (Å²) in [5, 5.41) is 8.88. The topological polar surface area (TPSA) is 33.4 Å². The number of aliphatic hydroxyl groups is 1. The van der Waals surface area contributed by atoms with Gasteiger partial charge in [0.25, 0.3) is 0 Å². The van der Waals surface area contributed by atoms with Gasteiger partial charge in [0.2, 0.25) is 5.22 Å². The van der Waals surface area contributed by atoms with Crippen LogP contribution in [-0.2, 0) is 0 Å². The number of para-hydroxylation sites is 1. The third-order valence-electron chi connectivity index (χ3n) is 2.17. The lowest BCUT2D eigenvalue weighted by Gasteiger charge is -2.13. The molecular weight excluding hydrogens is 245 g/mol. The van der Waals surface area contributed by atoms with Crippen molar-refractivity contribution < 1.29 is 22.7 Å². The average molecular weight is 251 g/mol. The van der Waals surface area contributed by atoms with Gasteiger partial charge in [-0.25, -0.2) is 0 Å². The molecule has 0 bridgehead atoms. The van der Waals surface area contributed by atoms with Gasteiger partial charge in [-0.05, 0) is 17.7 Å². The van der Waals surface area contributed by atoms with Crippen LogP contribution in [0.5, 0.6) is 0 Å². The van der Waals surface area contributed by atoms with Crippen molar-refractivity contribution >= 4 is 22.6 Å². The first-order valence-electron chi connectivity index (χ1n) is 4.33. The lowest BCUT2D eigenvalue weighted by atomic mass is 10.1. The Morgan fingerprint density at radius 3 is 2.50 bits per heavy atom. The maximum absolute atomic E-state index is 12.4. The van der Waals surface area contributed by atoms with Crippen molar-refractivity contribution in [1.29, 1.82) is 0 Å². The van der Waals surface area contributed by atoms with Crippen LogP contribution in [-0.4, -0.2) is 11.3 Å². The molecule has 1 N–H and O–H groups in total. The van der Waals surface area contributed by atoms with E-state index in [0.717, 1.165) is 0 Å². The van der Waals surface area contributed by atoms with Crippen molar-refractivity contribution in [2.75, 3.05) is 0 Å². The van der Waals surface area contributed by atoms with Crippen LogP contribution in [0.2, 0.25) is 5.22 Å². The molecule has 1 heterocycles. The van der Waals surface area contributed by atoms with Crippen molar-refractivity contribution in [3.05, 3.63) is 35.0 Å². The second-order valence-corrected chi connectivity index (χ2v) is 3.57. The second kappa shape index (κ2) is 3.68. The minimum atomic E-state index is -4.77. The van der Waals surface area contributed by atoms with Crippen LogP contribution in [0.25, 0.3) is 11.0 Å². The number of halogens is 4. The SMILES string of the molecule is OC(c1c(Cl)oc2ccccc12)C(F)(F)F. The van der Waals surface area contributed by atoms with E-state index in [-0.39, 0.29) is 11.0 Å². The maximum Gasteiger partial charge on any atom is 0.418 e. The summed E-state index contributed by atoms with van der Waals surface area (Å²) in [5.41, 5.74) is -0.226. The molecule has 2 aromatic rings. The van der Waals surface area contributed by atoms with Crippen LogP contribution in [0.15, 0.2) is 28.7 Å². The van der Waals surface area contributed by atoms with Crippen molar-refractivity contribution in [2.24, 2.45) is 0 Å². The van der Waals surface area contributed by atoms with E-state index in [2.05, 4.69) is 0 Å². The van der Waals surface area contributed by atoms with Gasteiger partial charge in [0, 0.05) is 5.39 Å². The summed E-state index contributed by atoms with van der Waals surface area (Å²) in [5.74, 6) is 0. The predicted octanol–water partition coefficient (Wildman–Crippen LogP) is 3.68. The Balaban J connectivity index is 2.64. The number of hydrogen-bond acceptors (Lipinski definition) is 2. The Morgan fingerprint density at radius 2 is 1.88 bits per heavy atom. The molecule has 16 heavy (non-hydrogen) atoms. The molecule has 1 unspecified atom stereocenters. The number of furan rings is 1.